The summed E-state index contributed by atoms with van der Waals surface area (Å²) >= 11 is 0. The Hall–Kier alpha value is -0.120. The molecule has 3 nitrogen and oxygen atoms in total. The molecule has 1 fully saturated rings. The Morgan fingerprint density at radius 2 is 2.11 bits per heavy atom. The maximum Gasteiger partial charge on any atom is 0.0622 e. The quantitative estimate of drug-likeness (QED) is 0.709. The fraction of sp³-hybridized carbons (Fsp3) is 1.00. The summed E-state index contributed by atoms with van der Waals surface area (Å²) in [6.07, 6.45) is 3.84. The maximum absolute atomic E-state index is 5.89. The van der Waals surface area contributed by atoms with Crippen molar-refractivity contribution in [1.29, 1.82) is 0 Å². The van der Waals surface area contributed by atoms with Crippen molar-refractivity contribution in [3.63, 3.8) is 0 Å². The van der Waals surface area contributed by atoms with Crippen LogP contribution in [-0.4, -0.2) is 49.5 Å². The highest BCUT2D eigenvalue weighted by atomic mass is 16.5. The molecule has 0 aromatic heterocycles. The van der Waals surface area contributed by atoms with E-state index in [0.717, 1.165) is 32.9 Å². The van der Waals surface area contributed by atoms with E-state index in [1.54, 1.807) is 0 Å². The smallest absolute Gasteiger partial charge is 0.0622 e. The van der Waals surface area contributed by atoms with E-state index < -0.39 is 0 Å². The van der Waals surface area contributed by atoms with Crippen molar-refractivity contribution in [1.82, 2.24) is 4.90 Å². The van der Waals surface area contributed by atoms with Crippen LogP contribution in [0, 0.1) is 5.92 Å². The number of nitrogens with zero attached hydrogens (tertiary/aromatic N) is 1. The van der Waals surface area contributed by atoms with E-state index in [9.17, 15) is 0 Å². The average molecular weight is 271 g/mol. The van der Waals surface area contributed by atoms with E-state index in [-0.39, 0.29) is 5.60 Å². The van der Waals surface area contributed by atoms with Crippen molar-refractivity contribution in [2.75, 3.05) is 32.9 Å². The summed E-state index contributed by atoms with van der Waals surface area (Å²) in [5.41, 5.74) is -0.0269. The molecule has 1 aliphatic heterocycles. The molecule has 0 N–H and O–H groups in total. The summed E-state index contributed by atoms with van der Waals surface area (Å²) in [7, 11) is 0. The summed E-state index contributed by atoms with van der Waals surface area (Å²) < 4.78 is 11.5. The molecule has 0 amide bonds. The third kappa shape index (κ3) is 7.28. The first-order valence-corrected chi connectivity index (χ1v) is 7.88. The van der Waals surface area contributed by atoms with Crippen molar-refractivity contribution in [3.05, 3.63) is 0 Å². The van der Waals surface area contributed by atoms with Gasteiger partial charge in [-0.05, 0) is 33.1 Å². The Morgan fingerprint density at radius 1 is 1.37 bits per heavy atom. The van der Waals surface area contributed by atoms with Crippen LogP contribution in [-0.2, 0) is 9.47 Å². The van der Waals surface area contributed by atoms with Gasteiger partial charge >= 0.3 is 0 Å². The Balaban J connectivity index is 2.34. The van der Waals surface area contributed by atoms with Crippen LogP contribution in [0.3, 0.4) is 0 Å². The highest BCUT2D eigenvalue weighted by Crippen LogP contribution is 2.17. The van der Waals surface area contributed by atoms with Crippen molar-refractivity contribution in [2.45, 2.75) is 65.5 Å². The van der Waals surface area contributed by atoms with E-state index in [4.69, 9.17) is 9.47 Å². The fourth-order valence-electron chi connectivity index (χ4n) is 2.48. The lowest BCUT2D eigenvalue weighted by Crippen LogP contribution is -2.47. The molecule has 0 aromatic carbocycles. The van der Waals surface area contributed by atoms with E-state index >= 15 is 0 Å². The monoisotopic (exact) mass is 271 g/mol. The third-order valence-electron chi connectivity index (χ3n) is 3.59. The molecule has 114 valence electrons. The van der Waals surface area contributed by atoms with Crippen LogP contribution in [0.25, 0.3) is 0 Å². The molecule has 0 radical (unpaired) electrons. The number of hydrogen-bond acceptors (Lipinski definition) is 3. The maximum atomic E-state index is 5.89. The van der Waals surface area contributed by atoms with Crippen molar-refractivity contribution in [2.24, 2.45) is 5.92 Å². The fourth-order valence-corrected chi connectivity index (χ4v) is 2.48. The molecule has 1 saturated heterocycles. The molecule has 0 bridgehead atoms. The normalized spacial score (nSPS) is 23.5. The van der Waals surface area contributed by atoms with Gasteiger partial charge in [-0.3, -0.25) is 4.90 Å². The van der Waals surface area contributed by atoms with E-state index in [1.165, 1.54) is 19.3 Å². The summed E-state index contributed by atoms with van der Waals surface area (Å²) in [6.45, 7) is 15.8. The summed E-state index contributed by atoms with van der Waals surface area (Å²) in [6, 6.07) is 0.616. The van der Waals surface area contributed by atoms with E-state index in [1.807, 2.05) is 0 Å². The van der Waals surface area contributed by atoms with Gasteiger partial charge in [0, 0.05) is 19.1 Å². The van der Waals surface area contributed by atoms with Crippen LogP contribution in [0.2, 0.25) is 0 Å². The minimum Gasteiger partial charge on any atom is -0.378 e. The Morgan fingerprint density at radius 3 is 2.74 bits per heavy atom. The van der Waals surface area contributed by atoms with Crippen molar-refractivity contribution >= 4 is 0 Å². The van der Waals surface area contributed by atoms with Gasteiger partial charge in [0.1, 0.15) is 0 Å². The van der Waals surface area contributed by atoms with Crippen LogP contribution in [0.15, 0.2) is 0 Å². The van der Waals surface area contributed by atoms with E-state index in [0.29, 0.717) is 12.0 Å². The predicted molar refractivity (Wildman–Crippen MR) is 80.6 cm³/mol. The Kier molecular flexibility index (Phi) is 7.33. The zero-order valence-electron chi connectivity index (χ0n) is 13.6. The number of unbranched alkanes of at least 4 members (excludes halogenated alkanes) is 1. The number of hydrogen-bond donors (Lipinski definition) is 0. The zero-order chi connectivity index (χ0) is 14.3. The largest absolute Gasteiger partial charge is 0.378 e. The standard InChI is InChI=1S/C16H33NO2/c1-6-7-8-15-13-18-10-9-17(15)11-14(2)12-19-16(3,4)5/h14-15H,6-13H2,1-5H3/t14-,15?/m1/s1. The number of rotatable bonds is 7. The molecule has 0 aliphatic carbocycles. The highest BCUT2D eigenvalue weighted by Gasteiger charge is 2.24. The molecule has 0 spiro atoms. The molecule has 1 rings (SSSR count). The minimum absolute atomic E-state index is 0.0269. The first-order chi connectivity index (χ1) is 8.92. The highest BCUT2D eigenvalue weighted by molar-refractivity contribution is 4.77. The van der Waals surface area contributed by atoms with Gasteiger partial charge in [-0.2, -0.15) is 0 Å². The Labute approximate surface area is 119 Å². The molecule has 0 saturated carbocycles. The third-order valence-corrected chi connectivity index (χ3v) is 3.59. The average Bonchev–Trinajstić information content (AvgIpc) is 2.34. The molecular formula is C16H33NO2. The lowest BCUT2D eigenvalue weighted by molar-refractivity contribution is -0.0463. The lowest BCUT2D eigenvalue weighted by atomic mass is 10.1. The van der Waals surface area contributed by atoms with Crippen LogP contribution >= 0.6 is 0 Å². The van der Waals surface area contributed by atoms with Crippen LogP contribution in [0.1, 0.15) is 53.9 Å². The SMILES string of the molecule is CCCCC1COCCN1C[C@@H](C)COC(C)(C)C. The zero-order valence-corrected chi connectivity index (χ0v) is 13.6. The van der Waals surface area contributed by atoms with E-state index in [2.05, 4.69) is 39.5 Å². The first kappa shape index (κ1) is 16.9. The van der Waals surface area contributed by atoms with Crippen molar-refractivity contribution < 1.29 is 9.47 Å². The lowest BCUT2D eigenvalue weighted by Gasteiger charge is -2.37. The molecule has 1 heterocycles. The predicted octanol–water partition coefficient (Wildman–Crippen LogP) is 3.33. The molecule has 1 aliphatic rings. The van der Waals surface area contributed by atoms with Gasteiger partial charge in [0.25, 0.3) is 0 Å². The molecule has 2 atom stereocenters. The van der Waals surface area contributed by atoms with Crippen LogP contribution < -0.4 is 0 Å². The van der Waals surface area contributed by atoms with Crippen molar-refractivity contribution in [3.8, 4) is 0 Å². The van der Waals surface area contributed by atoms with Gasteiger partial charge in [0.2, 0.25) is 0 Å². The van der Waals surface area contributed by atoms with Gasteiger partial charge < -0.3 is 9.47 Å². The first-order valence-electron chi connectivity index (χ1n) is 7.88. The minimum atomic E-state index is -0.0269. The van der Waals surface area contributed by atoms with Gasteiger partial charge in [0.05, 0.1) is 25.4 Å². The van der Waals surface area contributed by atoms with Gasteiger partial charge in [0.15, 0.2) is 0 Å². The molecule has 3 heteroatoms. The second-order valence-electron chi connectivity index (χ2n) is 6.89. The molecule has 19 heavy (non-hydrogen) atoms. The topological polar surface area (TPSA) is 21.7 Å². The van der Waals surface area contributed by atoms with Gasteiger partial charge in [-0.25, -0.2) is 0 Å². The van der Waals surface area contributed by atoms with Gasteiger partial charge in [-0.1, -0.05) is 26.7 Å². The number of morpholine rings is 1. The second kappa shape index (κ2) is 8.23. The van der Waals surface area contributed by atoms with Crippen LogP contribution in [0.5, 0.6) is 0 Å². The van der Waals surface area contributed by atoms with Gasteiger partial charge in [-0.15, -0.1) is 0 Å². The summed E-state index contributed by atoms with van der Waals surface area (Å²) in [5.74, 6) is 0.585. The Bertz CT molecular complexity index is 237. The summed E-state index contributed by atoms with van der Waals surface area (Å²) in [5, 5.41) is 0. The molecular weight excluding hydrogens is 238 g/mol. The number of ether oxygens (including phenoxy) is 2. The molecule has 1 unspecified atom stereocenters. The summed E-state index contributed by atoms with van der Waals surface area (Å²) in [4.78, 5) is 2.61. The van der Waals surface area contributed by atoms with Crippen LogP contribution in [0.4, 0.5) is 0 Å². The second-order valence-corrected chi connectivity index (χ2v) is 6.89. The molecule has 0 aromatic rings.